The van der Waals surface area contributed by atoms with E-state index in [0.29, 0.717) is 6.04 Å². The van der Waals surface area contributed by atoms with E-state index >= 15 is 0 Å². The lowest BCUT2D eigenvalue weighted by Crippen LogP contribution is -2.61. The maximum atomic E-state index is 12.6. The van der Waals surface area contributed by atoms with Crippen LogP contribution in [0, 0.1) is 17.8 Å². The van der Waals surface area contributed by atoms with Gasteiger partial charge in [-0.1, -0.05) is 0 Å². The Kier molecular flexibility index (Phi) is 3.91. The summed E-state index contributed by atoms with van der Waals surface area (Å²) in [6.07, 6.45) is 12.0. The summed E-state index contributed by atoms with van der Waals surface area (Å²) in [5.41, 5.74) is 0.101. The molecule has 4 aliphatic carbocycles. The predicted molar refractivity (Wildman–Crippen MR) is 99.9 cm³/mol. The number of urea groups is 1. The second-order valence-electron chi connectivity index (χ2n) is 8.84. The minimum atomic E-state index is 0.0490. The Morgan fingerprint density at radius 2 is 1.96 bits per heavy atom. The van der Waals surface area contributed by atoms with Crippen molar-refractivity contribution in [3.63, 3.8) is 0 Å². The smallest absolute Gasteiger partial charge is 0.315 e. The lowest BCUT2D eigenvalue weighted by atomic mass is 9.53. The number of thiazole rings is 1. The molecule has 136 valence electrons. The summed E-state index contributed by atoms with van der Waals surface area (Å²) in [7, 11) is 0. The standard InChI is InChI=1S/C19H28N4OS/c24-17(21-12-16-2-1-4-23(16)18-20-3-5-25-18)22-19-9-13-6-14(10-19)8-15(7-13)11-19/h3,5,13-16H,1-2,4,6-12H2,(H2,21,22,24). The fraction of sp³-hybridized carbons (Fsp3) is 0.789. The van der Waals surface area contributed by atoms with Crippen LogP contribution in [-0.4, -0.2) is 35.7 Å². The zero-order valence-electron chi connectivity index (χ0n) is 14.7. The van der Waals surface area contributed by atoms with E-state index in [9.17, 15) is 4.79 Å². The van der Waals surface area contributed by atoms with Gasteiger partial charge in [0.15, 0.2) is 5.13 Å². The molecule has 2 heterocycles. The molecule has 5 nitrogen and oxygen atoms in total. The zero-order chi connectivity index (χ0) is 16.9. The van der Waals surface area contributed by atoms with Crippen LogP contribution in [0.2, 0.25) is 0 Å². The van der Waals surface area contributed by atoms with Crippen LogP contribution in [0.3, 0.4) is 0 Å². The number of nitrogens with zero attached hydrogens (tertiary/aromatic N) is 2. The van der Waals surface area contributed by atoms with Crippen LogP contribution in [0.5, 0.6) is 0 Å². The first-order chi connectivity index (χ1) is 12.2. The number of rotatable bonds is 4. The first kappa shape index (κ1) is 15.9. The molecule has 2 N–H and O–H groups in total. The molecule has 1 unspecified atom stereocenters. The number of hydrogen-bond donors (Lipinski definition) is 2. The first-order valence-electron chi connectivity index (χ1n) is 9.91. The number of hydrogen-bond acceptors (Lipinski definition) is 4. The van der Waals surface area contributed by atoms with Crippen LogP contribution in [0.1, 0.15) is 51.4 Å². The van der Waals surface area contributed by atoms with Gasteiger partial charge in [0.1, 0.15) is 0 Å². The Hall–Kier alpha value is -1.30. The molecule has 25 heavy (non-hydrogen) atoms. The highest BCUT2D eigenvalue weighted by atomic mass is 32.1. The predicted octanol–water partition coefficient (Wildman–Crippen LogP) is 3.38. The Morgan fingerprint density at radius 1 is 1.24 bits per heavy atom. The van der Waals surface area contributed by atoms with E-state index in [1.165, 1.54) is 44.9 Å². The van der Waals surface area contributed by atoms with E-state index < -0.39 is 0 Å². The summed E-state index contributed by atoms with van der Waals surface area (Å²) in [5, 5.41) is 9.71. The molecule has 1 aromatic heterocycles. The second kappa shape index (κ2) is 6.15. The minimum Gasteiger partial charge on any atom is -0.343 e. The molecule has 1 saturated heterocycles. The Bertz CT molecular complexity index is 596. The van der Waals surface area contributed by atoms with E-state index in [2.05, 4.69) is 20.5 Å². The molecule has 0 spiro atoms. The van der Waals surface area contributed by atoms with Crippen LogP contribution in [0.15, 0.2) is 11.6 Å². The van der Waals surface area contributed by atoms with Gasteiger partial charge in [0, 0.05) is 36.2 Å². The summed E-state index contributed by atoms with van der Waals surface area (Å²) in [6.45, 7) is 1.77. The molecule has 4 bridgehead atoms. The number of carbonyl (C=O) groups is 1. The highest BCUT2D eigenvalue weighted by Crippen LogP contribution is 2.55. The number of aromatic nitrogens is 1. The highest BCUT2D eigenvalue weighted by Gasteiger charge is 2.51. The molecule has 1 atom stereocenters. The van der Waals surface area contributed by atoms with Gasteiger partial charge in [-0.15, -0.1) is 11.3 Å². The number of amides is 2. The van der Waals surface area contributed by atoms with E-state index in [-0.39, 0.29) is 11.6 Å². The number of anilines is 1. The topological polar surface area (TPSA) is 57.3 Å². The van der Waals surface area contributed by atoms with Crippen molar-refractivity contribution in [1.82, 2.24) is 15.6 Å². The Morgan fingerprint density at radius 3 is 2.60 bits per heavy atom. The van der Waals surface area contributed by atoms with Gasteiger partial charge in [0.05, 0.1) is 0 Å². The molecule has 0 radical (unpaired) electrons. The van der Waals surface area contributed by atoms with Gasteiger partial charge in [0.25, 0.3) is 0 Å². The molecule has 1 aliphatic heterocycles. The van der Waals surface area contributed by atoms with Crippen molar-refractivity contribution in [2.24, 2.45) is 17.8 Å². The van der Waals surface area contributed by atoms with Gasteiger partial charge in [0.2, 0.25) is 0 Å². The summed E-state index contributed by atoms with van der Waals surface area (Å²) in [6, 6.07) is 0.432. The average Bonchev–Trinajstić information content (AvgIpc) is 3.22. The van der Waals surface area contributed by atoms with Crippen LogP contribution in [0.4, 0.5) is 9.93 Å². The summed E-state index contributed by atoms with van der Waals surface area (Å²) >= 11 is 1.69. The van der Waals surface area contributed by atoms with Crippen molar-refractivity contribution in [3.05, 3.63) is 11.6 Å². The van der Waals surface area contributed by atoms with E-state index in [4.69, 9.17) is 0 Å². The van der Waals surface area contributed by atoms with Crippen LogP contribution in [-0.2, 0) is 0 Å². The van der Waals surface area contributed by atoms with Crippen molar-refractivity contribution >= 4 is 22.5 Å². The van der Waals surface area contributed by atoms with E-state index in [1.54, 1.807) is 11.3 Å². The number of nitrogens with one attached hydrogen (secondary N) is 2. The third-order valence-electron chi connectivity index (χ3n) is 6.96. The molecule has 6 rings (SSSR count). The third kappa shape index (κ3) is 3.03. The molecule has 5 fully saturated rings. The maximum Gasteiger partial charge on any atom is 0.315 e. The van der Waals surface area contributed by atoms with Gasteiger partial charge < -0.3 is 15.5 Å². The first-order valence-corrected chi connectivity index (χ1v) is 10.8. The van der Waals surface area contributed by atoms with Gasteiger partial charge in [-0.3, -0.25) is 0 Å². The molecule has 2 amide bonds. The maximum absolute atomic E-state index is 12.6. The van der Waals surface area contributed by atoms with Gasteiger partial charge in [-0.05, 0) is 69.1 Å². The van der Waals surface area contributed by atoms with Gasteiger partial charge in [-0.2, -0.15) is 0 Å². The molecule has 5 aliphatic rings. The number of carbonyl (C=O) groups excluding carboxylic acids is 1. The van der Waals surface area contributed by atoms with E-state index in [0.717, 1.165) is 42.4 Å². The van der Waals surface area contributed by atoms with Crippen molar-refractivity contribution in [2.75, 3.05) is 18.0 Å². The Labute approximate surface area is 153 Å². The molecular formula is C19H28N4OS. The largest absolute Gasteiger partial charge is 0.343 e. The lowest BCUT2D eigenvalue weighted by molar-refractivity contribution is -0.0135. The van der Waals surface area contributed by atoms with Crippen molar-refractivity contribution in [2.45, 2.75) is 62.9 Å². The SMILES string of the molecule is O=C(NCC1CCCN1c1nccs1)NC12CC3CC(CC(C3)C1)C2. The van der Waals surface area contributed by atoms with E-state index in [1.807, 2.05) is 11.6 Å². The molecule has 0 aromatic carbocycles. The van der Waals surface area contributed by atoms with Crippen molar-refractivity contribution < 1.29 is 4.79 Å². The molecular weight excluding hydrogens is 332 g/mol. The van der Waals surface area contributed by atoms with Gasteiger partial charge >= 0.3 is 6.03 Å². The second-order valence-corrected chi connectivity index (χ2v) is 9.71. The minimum absolute atomic E-state index is 0.0490. The van der Waals surface area contributed by atoms with Gasteiger partial charge in [-0.25, -0.2) is 9.78 Å². The zero-order valence-corrected chi connectivity index (χ0v) is 15.6. The van der Waals surface area contributed by atoms with Crippen molar-refractivity contribution in [3.8, 4) is 0 Å². The summed E-state index contributed by atoms with van der Waals surface area (Å²) in [4.78, 5) is 19.4. The molecule has 1 aromatic rings. The normalized spacial score (nSPS) is 39.0. The highest BCUT2D eigenvalue weighted by molar-refractivity contribution is 7.13. The molecule has 4 saturated carbocycles. The molecule has 6 heteroatoms. The summed E-state index contributed by atoms with van der Waals surface area (Å²) < 4.78 is 0. The quantitative estimate of drug-likeness (QED) is 0.865. The van der Waals surface area contributed by atoms with Crippen LogP contribution >= 0.6 is 11.3 Å². The fourth-order valence-corrected chi connectivity index (χ4v) is 7.16. The monoisotopic (exact) mass is 360 g/mol. The van der Waals surface area contributed by atoms with Crippen molar-refractivity contribution in [1.29, 1.82) is 0 Å². The van der Waals surface area contributed by atoms with Crippen LogP contribution < -0.4 is 15.5 Å². The average molecular weight is 361 g/mol. The van der Waals surface area contributed by atoms with Crippen LogP contribution in [0.25, 0.3) is 0 Å². The third-order valence-corrected chi connectivity index (χ3v) is 7.77. The Balaban J connectivity index is 1.17. The summed E-state index contributed by atoms with van der Waals surface area (Å²) in [5.74, 6) is 2.59. The lowest BCUT2D eigenvalue weighted by Gasteiger charge is -2.56. The fourth-order valence-electron chi connectivity index (χ4n) is 6.42.